The van der Waals surface area contributed by atoms with Crippen LogP contribution in [-0.2, 0) is 14.3 Å². The molecule has 9 heteroatoms. The van der Waals surface area contributed by atoms with Crippen LogP contribution in [0.2, 0.25) is 0 Å². The number of rotatable bonds is 8. The molecule has 8 nitrogen and oxygen atoms in total. The number of anilines is 1. The standard InChI is InChI=1S/C25H27FN4O4/c1-15(2)23(28-24(32)18-7-5-16(3)6-8-18)25(33)34-14-22(31)27-21-13-17(4)29-30(21)20-11-9-19(26)10-12-20/h5-13,15,23H,14H2,1-4H3,(H,27,31)(H,28,32)/t23-/m0/s1. The van der Waals surface area contributed by atoms with E-state index in [1.54, 1.807) is 51.1 Å². The van der Waals surface area contributed by atoms with E-state index < -0.39 is 30.4 Å². The van der Waals surface area contributed by atoms with Crippen LogP contribution in [-0.4, -0.2) is 40.2 Å². The number of esters is 1. The summed E-state index contributed by atoms with van der Waals surface area (Å²) >= 11 is 0. The van der Waals surface area contributed by atoms with E-state index in [9.17, 15) is 18.8 Å². The third-order valence-corrected chi connectivity index (χ3v) is 5.04. The Morgan fingerprint density at radius 2 is 1.68 bits per heavy atom. The molecule has 1 aromatic heterocycles. The summed E-state index contributed by atoms with van der Waals surface area (Å²) in [6.07, 6.45) is 0. The lowest BCUT2D eigenvalue weighted by molar-refractivity contribution is -0.150. The van der Waals surface area contributed by atoms with Crippen LogP contribution in [0.25, 0.3) is 5.69 Å². The zero-order valence-electron chi connectivity index (χ0n) is 19.5. The Morgan fingerprint density at radius 1 is 1.03 bits per heavy atom. The average Bonchev–Trinajstić information content (AvgIpc) is 3.16. The molecule has 2 aromatic carbocycles. The number of ether oxygens (including phenoxy) is 1. The van der Waals surface area contributed by atoms with Gasteiger partial charge in [0.25, 0.3) is 11.8 Å². The quantitative estimate of drug-likeness (QED) is 0.494. The molecule has 34 heavy (non-hydrogen) atoms. The second-order valence-corrected chi connectivity index (χ2v) is 8.28. The number of aromatic nitrogens is 2. The minimum Gasteiger partial charge on any atom is -0.454 e. The number of carbonyl (C=O) groups is 3. The van der Waals surface area contributed by atoms with Gasteiger partial charge in [-0.3, -0.25) is 9.59 Å². The number of hydrogen-bond acceptors (Lipinski definition) is 5. The number of nitrogens with zero attached hydrogens (tertiary/aromatic N) is 2. The molecular formula is C25H27FN4O4. The van der Waals surface area contributed by atoms with Gasteiger partial charge in [0.2, 0.25) is 0 Å². The summed E-state index contributed by atoms with van der Waals surface area (Å²) in [7, 11) is 0. The largest absolute Gasteiger partial charge is 0.454 e. The van der Waals surface area contributed by atoms with Gasteiger partial charge in [-0.25, -0.2) is 13.9 Å². The van der Waals surface area contributed by atoms with Crippen LogP contribution < -0.4 is 10.6 Å². The summed E-state index contributed by atoms with van der Waals surface area (Å²) < 4.78 is 19.9. The van der Waals surface area contributed by atoms with Gasteiger partial charge < -0.3 is 15.4 Å². The summed E-state index contributed by atoms with van der Waals surface area (Å²) in [6, 6.07) is 13.3. The summed E-state index contributed by atoms with van der Waals surface area (Å²) in [5.41, 5.74) is 2.63. The fraction of sp³-hybridized carbons (Fsp3) is 0.280. The third kappa shape index (κ3) is 6.28. The van der Waals surface area contributed by atoms with Crippen molar-refractivity contribution in [1.82, 2.24) is 15.1 Å². The molecule has 0 aliphatic rings. The monoisotopic (exact) mass is 466 g/mol. The Hall–Kier alpha value is -4.01. The van der Waals surface area contributed by atoms with Crippen LogP contribution >= 0.6 is 0 Å². The maximum absolute atomic E-state index is 13.2. The maximum atomic E-state index is 13.2. The van der Waals surface area contributed by atoms with Crippen molar-refractivity contribution in [2.75, 3.05) is 11.9 Å². The zero-order valence-corrected chi connectivity index (χ0v) is 19.5. The Balaban J connectivity index is 1.61. The average molecular weight is 467 g/mol. The smallest absolute Gasteiger partial charge is 0.329 e. The van der Waals surface area contributed by atoms with Gasteiger partial charge in [0.05, 0.1) is 11.4 Å². The molecular weight excluding hydrogens is 439 g/mol. The molecule has 0 aliphatic heterocycles. The fourth-order valence-corrected chi connectivity index (χ4v) is 3.20. The fourth-order valence-electron chi connectivity index (χ4n) is 3.20. The topological polar surface area (TPSA) is 102 Å². The molecule has 0 fully saturated rings. The van der Waals surface area contributed by atoms with Gasteiger partial charge in [-0.2, -0.15) is 5.10 Å². The third-order valence-electron chi connectivity index (χ3n) is 5.04. The number of amides is 2. The van der Waals surface area contributed by atoms with Gasteiger partial charge in [-0.15, -0.1) is 0 Å². The first-order valence-electron chi connectivity index (χ1n) is 10.8. The van der Waals surface area contributed by atoms with Crippen molar-refractivity contribution in [3.63, 3.8) is 0 Å². The first-order valence-corrected chi connectivity index (χ1v) is 10.8. The Bertz CT molecular complexity index is 1170. The second-order valence-electron chi connectivity index (χ2n) is 8.28. The zero-order chi connectivity index (χ0) is 24.8. The predicted molar refractivity (Wildman–Crippen MR) is 125 cm³/mol. The van der Waals surface area contributed by atoms with Crippen molar-refractivity contribution in [2.45, 2.75) is 33.7 Å². The predicted octanol–water partition coefficient (Wildman–Crippen LogP) is 3.56. The molecule has 178 valence electrons. The van der Waals surface area contributed by atoms with E-state index >= 15 is 0 Å². The molecule has 1 atom stereocenters. The summed E-state index contributed by atoms with van der Waals surface area (Å²) in [5.74, 6) is -2.00. The molecule has 0 spiro atoms. The van der Waals surface area contributed by atoms with E-state index in [1.807, 2.05) is 6.92 Å². The van der Waals surface area contributed by atoms with Gasteiger partial charge in [-0.1, -0.05) is 31.5 Å². The maximum Gasteiger partial charge on any atom is 0.329 e. The number of aryl methyl sites for hydroxylation is 2. The molecule has 2 N–H and O–H groups in total. The number of carbonyl (C=O) groups excluding carboxylic acids is 3. The molecule has 2 amide bonds. The minimum absolute atomic E-state index is 0.257. The molecule has 1 heterocycles. The van der Waals surface area contributed by atoms with Crippen LogP contribution in [0.3, 0.4) is 0 Å². The van der Waals surface area contributed by atoms with Crippen molar-refractivity contribution in [3.05, 3.63) is 77.2 Å². The number of halogens is 1. The van der Waals surface area contributed by atoms with Gasteiger partial charge in [0, 0.05) is 11.6 Å². The van der Waals surface area contributed by atoms with Crippen LogP contribution in [0.4, 0.5) is 10.2 Å². The highest BCUT2D eigenvalue weighted by Gasteiger charge is 2.27. The van der Waals surface area contributed by atoms with E-state index in [2.05, 4.69) is 15.7 Å². The van der Waals surface area contributed by atoms with Crippen LogP contribution in [0.5, 0.6) is 0 Å². The molecule has 3 aromatic rings. The molecule has 0 saturated carbocycles. The van der Waals surface area contributed by atoms with Crippen LogP contribution in [0, 0.1) is 25.6 Å². The van der Waals surface area contributed by atoms with Crippen molar-refractivity contribution < 1.29 is 23.5 Å². The Labute approximate surface area is 197 Å². The van der Waals surface area contributed by atoms with Crippen molar-refractivity contribution in [2.24, 2.45) is 5.92 Å². The number of hydrogen-bond donors (Lipinski definition) is 2. The van der Waals surface area contributed by atoms with Crippen molar-refractivity contribution in [1.29, 1.82) is 0 Å². The molecule has 0 bridgehead atoms. The molecule has 3 rings (SSSR count). The van der Waals surface area contributed by atoms with Crippen molar-refractivity contribution >= 4 is 23.6 Å². The molecule has 0 radical (unpaired) electrons. The van der Waals surface area contributed by atoms with E-state index in [1.165, 1.54) is 28.9 Å². The first kappa shape index (κ1) is 24.6. The Morgan fingerprint density at radius 3 is 2.29 bits per heavy atom. The van der Waals surface area contributed by atoms with Gasteiger partial charge in [0.15, 0.2) is 6.61 Å². The van der Waals surface area contributed by atoms with E-state index in [0.717, 1.165) is 5.56 Å². The number of nitrogens with one attached hydrogen (secondary N) is 2. The van der Waals surface area contributed by atoms with E-state index in [4.69, 9.17) is 4.74 Å². The lowest BCUT2D eigenvalue weighted by Gasteiger charge is -2.21. The Kier molecular flexibility index (Phi) is 7.78. The lowest BCUT2D eigenvalue weighted by atomic mass is 10.0. The molecule has 0 aliphatic carbocycles. The van der Waals surface area contributed by atoms with Gasteiger partial charge >= 0.3 is 5.97 Å². The minimum atomic E-state index is -0.923. The molecule has 0 unspecified atom stereocenters. The van der Waals surface area contributed by atoms with E-state index in [0.29, 0.717) is 22.8 Å². The SMILES string of the molecule is Cc1ccc(C(=O)N[C@H](C(=O)OCC(=O)Nc2cc(C)nn2-c2ccc(F)cc2)C(C)C)cc1. The summed E-state index contributed by atoms with van der Waals surface area (Å²) in [6.45, 7) is 6.65. The van der Waals surface area contributed by atoms with Crippen LogP contribution in [0.1, 0.15) is 35.5 Å². The molecule has 0 saturated heterocycles. The summed E-state index contributed by atoms with van der Waals surface area (Å²) in [4.78, 5) is 37.6. The van der Waals surface area contributed by atoms with Crippen LogP contribution in [0.15, 0.2) is 54.6 Å². The van der Waals surface area contributed by atoms with Gasteiger partial charge in [0.1, 0.15) is 17.7 Å². The highest BCUT2D eigenvalue weighted by atomic mass is 19.1. The number of benzene rings is 2. The summed E-state index contributed by atoms with van der Waals surface area (Å²) in [5, 5.41) is 9.62. The van der Waals surface area contributed by atoms with Crippen molar-refractivity contribution in [3.8, 4) is 5.69 Å². The highest BCUT2D eigenvalue weighted by molar-refractivity contribution is 5.97. The second kappa shape index (κ2) is 10.7. The lowest BCUT2D eigenvalue weighted by Crippen LogP contribution is -2.46. The van der Waals surface area contributed by atoms with Gasteiger partial charge in [-0.05, 0) is 56.2 Å². The highest BCUT2D eigenvalue weighted by Crippen LogP contribution is 2.17. The normalized spacial score (nSPS) is 11.7. The first-order chi connectivity index (χ1) is 16.1. The van der Waals surface area contributed by atoms with E-state index in [-0.39, 0.29) is 11.7 Å².